The third-order valence-corrected chi connectivity index (χ3v) is 2.82. The molecule has 1 spiro atoms. The molecule has 6 heteroatoms. The minimum absolute atomic E-state index is 0. The van der Waals surface area contributed by atoms with Gasteiger partial charge in [0.2, 0.25) is 0 Å². The summed E-state index contributed by atoms with van der Waals surface area (Å²) >= 11 is 0. The summed E-state index contributed by atoms with van der Waals surface area (Å²) in [5, 5.41) is 6.03. The second-order valence-electron chi connectivity index (χ2n) is 5.64. The Balaban J connectivity index is 0.00000144. The summed E-state index contributed by atoms with van der Waals surface area (Å²) < 4.78 is 10.9. The number of halogens is 1. The number of amides is 1. The van der Waals surface area contributed by atoms with Gasteiger partial charge in [-0.1, -0.05) is 0 Å². The molecule has 2 aliphatic rings. The molecule has 0 bridgehead atoms. The van der Waals surface area contributed by atoms with Gasteiger partial charge >= 0.3 is 6.09 Å². The Morgan fingerprint density at radius 3 is 2.53 bits per heavy atom. The van der Waals surface area contributed by atoms with E-state index in [4.69, 9.17) is 9.47 Å². The van der Waals surface area contributed by atoms with Crippen LogP contribution in [0, 0.1) is 0 Å². The van der Waals surface area contributed by atoms with E-state index in [1.807, 2.05) is 20.8 Å². The molecule has 2 saturated heterocycles. The van der Waals surface area contributed by atoms with Gasteiger partial charge in [-0.2, -0.15) is 0 Å². The highest BCUT2D eigenvalue weighted by atomic mass is 35.5. The molecule has 0 aromatic carbocycles. The van der Waals surface area contributed by atoms with Crippen molar-refractivity contribution in [2.45, 2.75) is 44.4 Å². The van der Waals surface area contributed by atoms with Gasteiger partial charge in [0, 0.05) is 19.5 Å². The van der Waals surface area contributed by atoms with Crippen molar-refractivity contribution in [2.24, 2.45) is 0 Å². The molecule has 1 unspecified atom stereocenters. The first-order chi connectivity index (χ1) is 7.39. The first-order valence-electron chi connectivity index (χ1n) is 5.73. The Morgan fingerprint density at radius 1 is 1.47 bits per heavy atom. The van der Waals surface area contributed by atoms with Gasteiger partial charge in [0.25, 0.3) is 0 Å². The van der Waals surface area contributed by atoms with E-state index >= 15 is 0 Å². The highest BCUT2D eigenvalue weighted by Gasteiger charge is 2.45. The molecule has 0 aromatic rings. The predicted octanol–water partition coefficient (Wildman–Crippen LogP) is 1.06. The Kier molecular flexibility index (Phi) is 4.28. The maximum absolute atomic E-state index is 11.5. The summed E-state index contributed by atoms with van der Waals surface area (Å²) in [6.07, 6.45) is 0.518. The molecule has 1 amide bonds. The zero-order chi connectivity index (χ0) is 11.8. The maximum atomic E-state index is 11.5. The average Bonchev–Trinajstić information content (AvgIpc) is 2.43. The molecule has 17 heavy (non-hydrogen) atoms. The van der Waals surface area contributed by atoms with Crippen LogP contribution in [0.25, 0.3) is 0 Å². The maximum Gasteiger partial charge on any atom is 0.407 e. The number of alkyl carbamates (subject to hydrolysis) is 1. The standard InChI is InChI=1S/C11H20N2O3.ClH/c1-10(2,3)16-9(14)13-8-4-11(15-5-8)6-12-7-11;/h8,12H,4-7H2,1-3H3,(H,13,14);1H. The van der Waals surface area contributed by atoms with Crippen LogP contribution in [0.4, 0.5) is 4.79 Å². The molecule has 2 rings (SSSR count). The molecular weight excluding hydrogens is 244 g/mol. The van der Waals surface area contributed by atoms with E-state index in [2.05, 4.69) is 10.6 Å². The lowest BCUT2D eigenvalue weighted by atomic mass is 9.92. The van der Waals surface area contributed by atoms with Crippen molar-refractivity contribution in [3.63, 3.8) is 0 Å². The fourth-order valence-corrected chi connectivity index (χ4v) is 2.06. The van der Waals surface area contributed by atoms with E-state index in [1.54, 1.807) is 0 Å². The lowest BCUT2D eigenvalue weighted by Crippen LogP contribution is -2.59. The predicted molar refractivity (Wildman–Crippen MR) is 66.6 cm³/mol. The molecule has 1 atom stereocenters. The second-order valence-corrected chi connectivity index (χ2v) is 5.64. The molecular formula is C11H21ClN2O3. The lowest BCUT2D eigenvalue weighted by molar-refractivity contribution is -0.0361. The van der Waals surface area contributed by atoms with Crippen molar-refractivity contribution >= 4 is 18.5 Å². The van der Waals surface area contributed by atoms with Crippen molar-refractivity contribution in [3.8, 4) is 0 Å². The molecule has 0 radical (unpaired) electrons. The van der Waals surface area contributed by atoms with Crippen LogP contribution in [-0.4, -0.2) is 43.0 Å². The summed E-state index contributed by atoms with van der Waals surface area (Å²) in [4.78, 5) is 11.5. The van der Waals surface area contributed by atoms with E-state index in [9.17, 15) is 4.79 Å². The van der Waals surface area contributed by atoms with Gasteiger partial charge in [0.05, 0.1) is 18.2 Å². The van der Waals surface area contributed by atoms with Crippen LogP contribution in [0.3, 0.4) is 0 Å². The molecule has 2 heterocycles. The Labute approximate surface area is 108 Å². The monoisotopic (exact) mass is 264 g/mol. The van der Waals surface area contributed by atoms with E-state index in [1.165, 1.54) is 0 Å². The van der Waals surface area contributed by atoms with Gasteiger partial charge in [-0.3, -0.25) is 0 Å². The number of carbonyl (C=O) groups is 1. The zero-order valence-corrected chi connectivity index (χ0v) is 11.4. The normalized spacial score (nSPS) is 25.9. The smallest absolute Gasteiger partial charge is 0.407 e. The van der Waals surface area contributed by atoms with Crippen LogP contribution in [-0.2, 0) is 9.47 Å². The van der Waals surface area contributed by atoms with Gasteiger partial charge in [-0.15, -0.1) is 12.4 Å². The number of hydrogen-bond acceptors (Lipinski definition) is 4. The Morgan fingerprint density at radius 2 is 2.12 bits per heavy atom. The molecule has 5 nitrogen and oxygen atoms in total. The van der Waals surface area contributed by atoms with Crippen molar-refractivity contribution in [3.05, 3.63) is 0 Å². The van der Waals surface area contributed by atoms with Crippen LogP contribution in [0.1, 0.15) is 27.2 Å². The quantitative estimate of drug-likeness (QED) is 0.744. The molecule has 0 aliphatic carbocycles. The number of nitrogens with one attached hydrogen (secondary N) is 2. The van der Waals surface area contributed by atoms with Gasteiger partial charge < -0.3 is 20.1 Å². The summed E-state index contributed by atoms with van der Waals surface area (Å²) in [6, 6.07) is 0.0805. The molecule has 0 aromatic heterocycles. The van der Waals surface area contributed by atoms with E-state index < -0.39 is 5.60 Å². The number of hydrogen-bond donors (Lipinski definition) is 2. The van der Waals surface area contributed by atoms with Crippen LogP contribution in [0.15, 0.2) is 0 Å². The van der Waals surface area contributed by atoms with Crippen LogP contribution in [0.2, 0.25) is 0 Å². The van der Waals surface area contributed by atoms with Gasteiger partial charge in [-0.05, 0) is 20.8 Å². The fourth-order valence-electron chi connectivity index (χ4n) is 2.06. The fraction of sp³-hybridized carbons (Fsp3) is 0.909. The summed E-state index contributed by atoms with van der Waals surface area (Å²) in [5.41, 5.74) is -0.473. The van der Waals surface area contributed by atoms with Crippen LogP contribution < -0.4 is 10.6 Å². The van der Waals surface area contributed by atoms with Gasteiger partial charge in [0.15, 0.2) is 0 Å². The van der Waals surface area contributed by atoms with Crippen molar-refractivity contribution < 1.29 is 14.3 Å². The number of carbonyl (C=O) groups excluding carboxylic acids is 1. The molecule has 0 saturated carbocycles. The van der Waals surface area contributed by atoms with E-state index in [-0.39, 0.29) is 30.1 Å². The first kappa shape index (κ1) is 14.5. The van der Waals surface area contributed by atoms with Gasteiger partial charge in [0.1, 0.15) is 5.60 Å². The third-order valence-electron chi connectivity index (χ3n) is 2.82. The minimum Gasteiger partial charge on any atom is -0.444 e. The topological polar surface area (TPSA) is 59.6 Å². The Hall–Kier alpha value is -0.520. The van der Waals surface area contributed by atoms with Gasteiger partial charge in [-0.25, -0.2) is 4.79 Å². The van der Waals surface area contributed by atoms with Crippen LogP contribution in [0.5, 0.6) is 0 Å². The number of ether oxygens (including phenoxy) is 2. The largest absolute Gasteiger partial charge is 0.444 e. The van der Waals surface area contributed by atoms with Crippen LogP contribution >= 0.6 is 12.4 Å². The molecule has 2 N–H and O–H groups in total. The van der Waals surface area contributed by atoms with Crippen molar-refractivity contribution in [1.82, 2.24) is 10.6 Å². The molecule has 100 valence electrons. The number of rotatable bonds is 1. The summed E-state index contributed by atoms with van der Waals surface area (Å²) in [7, 11) is 0. The summed E-state index contributed by atoms with van der Waals surface area (Å²) in [6.45, 7) is 7.93. The highest BCUT2D eigenvalue weighted by molar-refractivity contribution is 5.85. The van der Waals surface area contributed by atoms with Crippen molar-refractivity contribution in [1.29, 1.82) is 0 Å². The zero-order valence-electron chi connectivity index (χ0n) is 10.5. The average molecular weight is 265 g/mol. The Bertz CT molecular complexity index is 287. The lowest BCUT2D eigenvalue weighted by Gasteiger charge is -2.38. The summed E-state index contributed by atoms with van der Waals surface area (Å²) in [5.74, 6) is 0. The SMILES string of the molecule is CC(C)(C)OC(=O)NC1COC2(CNC2)C1.Cl. The highest BCUT2D eigenvalue weighted by Crippen LogP contribution is 2.29. The first-order valence-corrected chi connectivity index (χ1v) is 5.73. The minimum atomic E-state index is -0.445. The van der Waals surface area contributed by atoms with E-state index in [0.717, 1.165) is 19.5 Å². The van der Waals surface area contributed by atoms with E-state index in [0.29, 0.717) is 6.61 Å². The molecule has 2 fully saturated rings. The third kappa shape index (κ3) is 3.72. The molecule has 2 aliphatic heterocycles. The second kappa shape index (κ2) is 5.00. The van der Waals surface area contributed by atoms with Crippen molar-refractivity contribution in [2.75, 3.05) is 19.7 Å².